The minimum absolute atomic E-state index is 0.331. The standard InChI is InChI=1S/C48H30N6S/c49-44-41(54-55)25-24-40-43(44)39-23-22-36(28-42(39)50-45(40)32-10-2-1-3-11-32)31-14-18-33(19-15-31)46-51-47(37-20-16-29-8-4-6-12-34(29)26-37)53-48(52-46)38-21-17-30-9-5-7-13-35(30)27-38/h1-28,49,55H/b49-44?,54-41-. The second-order valence-electron chi connectivity index (χ2n) is 13.5. The molecule has 1 N–H and O–H groups in total. The van der Waals surface area contributed by atoms with Gasteiger partial charge in [-0.05, 0) is 75.8 Å². The molecular formula is C48H30N6S. The lowest BCUT2D eigenvalue weighted by atomic mass is 9.87. The number of aromatic nitrogens is 4. The summed E-state index contributed by atoms with van der Waals surface area (Å²) in [7, 11) is 0. The predicted octanol–water partition coefficient (Wildman–Crippen LogP) is 11.7. The third-order valence-corrected chi connectivity index (χ3v) is 10.4. The highest BCUT2D eigenvalue weighted by molar-refractivity contribution is 7.79. The number of allylic oxidation sites excluding steroid dienone is 1. The molecule has 0 saturated heterocycles. The molecule has 0 fully saturated rings. The minimum atomic E-state index is 0.331. The highest BCUT2D eigenvalue weighted by Crippen LogP contribution is 2.36. The van der Waals surface area contributed by atoms with Crippen molar-refractivity contribution in [2.45, 2.75) is 0 Å². The van der Waals surface area contributed by atoms with E-state index < -0.39 is 0 Å². The lowest BCUT2D eigenvalue weighted by Gasteiger charge is -2.19. The van der Waals surface area contributed by atoms with Gasteiger partial charge in [0.2, 0.25) is 0 Å². The van der Waals surface area contributed by atoms with Crippen molar-refractivity contribution in [3.63, 3.8) is 0 Å². The van der Waals surface area contributed by atoms with Gasteiger partial charge in [-0.15, -0.1) is 0 Å². The van der Waals surface area contributed by atoms with Crippen LogP contribution in [0.2, 0.25) is 0 Å². The fourth-order valence-electron chi connectivity index (χ4n) is 7.40. The maximum Gasteiger partial charge on any atom is 0.164 e. The molecule has 7 aromatic carbocycles. The molecule has 0 bridgehead atoms. The number of thiol groups is 1. The van der Waals surface area contributed by atoms with Crippen molar-refractivity contribution in [2.24, 2.45) is 4.40 Å². The van der Waals surface area contributed by atoms with Gasteiger partial charge >= 0.3 is 0 Å². The van der Waals surface area contributed by atoms with Crippen molar-refractivity contribution in [1.82, 2.24) is 19.9 Å². The van der Waals surface area contributed by atoms with Gasteiger partial charge in [0.15, 0.2) is 17.5 Å². The van der Waals surface area contributed by atoms with Crippen LogP contribution in [0.4, 0.5) is 0 Å². The Morgan fingerprint density at radius 3 is 1.58 bits per heavy atom. The number of benzene rings is 7. The smallest absolute Gasteiger partial charge is 0.164 e. The van der Waals surface area contributed by atoms with Gasteiger partial charge in [0.25, 0.3) is 0 Å². The third kappa shape index (κ3) is 5.87. The summed E-state index contributed by atoms with van der Waals surface area (Å²) in [4.78, 5) is 20.3. The summed E-state index contributed by atoms with van der Waals surface area (Å²) in [6.45, 7) is 0. The van der Waals surface area contributed by atoms with Gasteiger partial charge in [-0.1, -0.05) is 140 Å². The van der Waals surface area contributed by atoms with Gasteiger partial charge in [-0.3, -0.25) is 5.41 Å². The summed E-state index contributed by atoms with van der Waals surface area (Å²) < 4.78 is 4.07. The second kappa shape index (κ2) is 13.4. The zero-order valence-corrected chi connectivity index (χ0v) is 30.2. The van der Waals surface area contributed by atoms with Gasteiger partial charge in [-0.2, -0.15) is 0 Å². The summed E-state index contributed by atoms with van der Waals surface area (Å²) in [5, 5.41) is 14.5. The maximum absolute atomic E-state index is 9.03. The Morgan fingerprint density at radius 2 is 0.964 bits per heavy atom. The van der Waals surface area contributed by atoms with Crippen LogP contribution in [0.25, 0.3) is 95.1 Å². The minimum Gasteiger partial charge on any atom is -0.298 e. The van der Waals surface area contributed by atoms with E-state index in [0.717, 1.165) is 82.6 Å². The molecule has 0 unspecified atom stereocenters. The molecule has 0 spiro atoms. The number of fused-ring (bicyclic) bond motifs is 5. The number of hydrogen-bond donors (Lipinski definition) is 2. The van der Waals surface area contributed by atoms with Crippen molar-refractivity contribution in [3.05, 3.63) is 175 Å². The number of rotatable bonds is 5. The van der Waals surface area contributed by atoms with Crippen LogP contribution in [-0.2, 0) is 0 Å². The summed E-state index contributed by atoms with van der Waals surface area (Å²) in [5.74, 6) is 1.83. The lowest BCUT2D eigenvalue weighted by molar-refractivity contribution is 1.08. The molecule has 0 radical (unpaired) electrons. The molecule has 1 aliphatic rings. The number of hydrogen-bond acceptors (Lipinski definition) is 7. The molecule has 0 atom stereocenters. The van der Waals surface area contributed by atoms with E-state index in [2.05, 4.69) is 132 Å². The van der Waals surface area contributed by atoms with Crippen molar-refractivity contribution < 1.29 is 0 Å². The first-order chi connectivity index (χ1) is 27.1. The molecule has 0 aliphatic heterocycles. The summed E-state index contributed by atoms with van der Waals surface area (Å²) in [6, 6.07) is 53.9. The van der Waals surface area contributed by atoms with Gasteiger partial charge in [0.1, 0.15) is 0 Å². The van der Waals surface area contributed by atoms with E-state index in [4.69, 9.17) is 25.3 Å². The largest absolute Gasteiger partial charge is 0.298 e. The second-order valence-corrected chi connectivity index (χ2v) is 13.7. The third-order valence-electron chi connectivity index (χ3n) is 10.2. The van der Waals surface area contributed by atoms with Crippen molar-refractivity contribution in [1.29, 1.82) is 5.41 Å². The molecule has 7 heteroatoms. The van der Waals surface area contributed by atoms with Crippen molar-refractivity contribution >= 4 is 62.8 Å². The van der Waals surface area contributed by atoms with E-state index in [1.54, 1.807) is 0 Å². The number of nitrogens with zero attached hydrogens (tertiary/aromatic N) is 5. The zero-order chi connectivity index (χ0) is 36.9. The van der Waals surface area contributed by atoms with Gasteiger partial charge in [0, 0.05) is 38.8 Å². The normalized spacial score (nSPS) is 13.2. The first kappa shape index (κ1) is 32.6. The monoisotopic (exact) mass is 722 g/mol. The maximum atomic E-state index is 9.03. The van der Waals surface area contributed by atoms with Crippen LogP contribution >= 0.6 is 12.8 Å². The molecule has 0 saturated carbocycles. The first-order valence-electron chi connectivity index (χ1n) is 18.0. The molecule has 258 valence electrons. The van der Waals surface area contributed by atoms with Crippen molar-refractivity contribution in [2.75, 3.05) is 0 Å². The Morgan fingerprint density at radius 1 is 0.436 bits per heavy atom. The van der Waals surface area contributed by atoms with Crippen LogP contribution < -0.4 is 0 Å². The number of nitrogens with one attached hydrogen (secondary N) is 1. The van der Waals surface area contributed by atoms with Gasteiger partial charge in [0.05, 0.1) is 22.6 Å². The first-order valence-corrected chi connectivity index (χ1v) is 18.4. The Kier molecular flexibility index (Phi) is 7.93. The molecule has 55 heavy (non-hydrogen) atoms. The number of pyridine rings is 1. The summed E-state index contributed by atoms with van der Waals surface area (Å²) in [5.41, 5.74) is 9.96. The molecule has 2 heterocycles. The van der Waals surface area contributed by atoms with Crippen LogP contribution in [0, 0.1) is 5.41 Å². The van der Waals surface area contributed by atoms with Crippen LogP contribution in [-0.4, -0.2) is 31.4 Å². The fraction of sp³-hybridized carbons (Fsp3) is 0. The quantitative estimate of drug-likeness (QED) is 0.173. The fourth-order valence-corrected chi connectivity index (χ4v) is 7.56. The highest BCUT2D eigenvalue weighted by atomic mass is 32.1. The summed E-state index contributed by atoms with van der Waals surface area (Å²) >= 11 is 4.15. The molecule has 6 nitrogen and oxygen atoms in total. The van der Waals surface area contributed by atoms with Crippen molar-refractivity contribution in [3.8, 4) is 56.5 Å². The molecule has 2 aromatic heterocycles. The van der Waals surface area contributed by atoms with Gasteiger partial charge < -0.3 is 0 Å². The average molecular weight is 723 g/mol. The zero-order valence-electron chi connectivity index (χ0n) is 29.3. The SMILES string of the molecule is N=C1/C(=N\S)C=Cc2c(-c3ccccc3)nc3cc(-c4ccc(-c5nc(-c6ccc7ccccc7c6)nc(-c6ccc7ccccc7c6)n5)cc4)ccc3c21. The molecular weight excluding hydrogens is 693 g/mol. The predicted molar refractivity (Wildman–Crippen MR) is 230 cm³/mol. The van der Waals surface area contributed by atoms with E-state index >= 15 is 0 Å². The van der Waals surface area contributed by atoms with Crippen LogP contribution in [0.5, 0.6) is 0 Å². The Labute approximate surface area is 322 Å². The Balaban J connectivity index is 1.07. The average Bonchev–Trinajstić information content (AvgIpc) is 3.25. The molecule has 9 aromatic rings. The van der Waals surface area contributed by atoms with E-state index in [1.807, 2.05) is 54.6 Å². The molecule has 10 rings (SSSR count). The highest BCUT2D eigenvalue weighted by Gasteiger charge is 2.24. The van der Waals surface area contributed by atoms with Gasteiger partial charge in [-0.25, -0.2) is 24.3 Å². The Hall–Kier alpha value is -7.09. The summed E-state index contributed by atoms with van der Waals surface area (Å²) in [6.07, 6.45) is 3.82. The molecule has 0 amide bonds. The van der Waals surface area contributed by atoms with E-state index in [9.17, 15) is 0 Å². The topological polar surface area (TPSA) is 87.8 Å². The van der Waals surface area contributed by atoms with Crippen LogP contribution in [0.3, 0.4) is 0 Å². The van der Waals surface area contributed by atoms with Crippen LogP contribution in [0.1, 0.15) is 11.1 Å². The van der Waals surface area contributed by atoms with E-state index in [1.165, 1.54) is 0 Å². The van der Waals surface area contributed by atoms with Crippen LogP contribution in [0.15, 0.2) is 168 Å². The molecule has 1 aliphatic carbocycles. The lowest BCUT2D eigenvalue weighted by Crippen LogP contribution is -2.18. The van der Waals surface area contributed by atoms with E-state index in [0.29, 0.717) is 28.9 Å². The Bertz CT molecular complexity index is 2960. The van der Waals surface area contributed by atoms with E-state index in [-0.39, 0.29) is 0 Å².